The molecule has 1 N–H and O–H groups in total. The van der Waals surface area contributed by atoms with E-state index in [1.165, 1.54) is 18.4 Å². The second-order valence-corrected chi connectivity index (χ2v) is 7.68. The Kier molecular flexibility index (Phi) is 7.78. The standard InChI is InChI=1S/C23H29ClN2O3/c1-3-12-29-22-20(24)13-19(14-21(22)28-2)23(27)25-15-17-8-4-5-9-18(17)16-26-10-6-7-11-26/h4-5,8-9,13-14H,3,6-7,10-12,15-16H2,1-2H3,(H,25,27). The molecule has 3 rings (SSSR count). The van der Waals surface area contributed by atoms with E-state index in [4.69, 9.17) is 21.1 Å². The average Bonchev–Trinajstić information content (AvgIpc) is 3.24. The Bertz CT molecular complexity index is 835. The van der Waals surface area contributed by atoms with E-state index in [0.29, 0.717) is 35.2 Å². The van der Waals surface area contributed by atoms with Gasteiger partial charge in [-0.15, -0.1) is 0 Å². The summed E-state index contributed by atoms with van der Waals surface area (Å²) in [5, 5.41) is 3.38. The number of benzene rings is 2. The van der Waals surface area contributed by atoms with Gasteiger partial charge in [0.2, 0.25) is 0 Å². The van der Waals surface area contributed by atoms with Crippen molar-refractivity contribution < 1.29 is 14.3 Å². The molecule has 0 atom stereocenters. The average molecular weight is 417 g/mol. The minimum Gasteiger partial charge on any atom is -0.493 e. The fraction of sp³-hybridized carbons (Fsp3) is 0.435. The lowest BCUT2D eigenvalue weighted by Gasteiger charge is -2.18. The molecule has 0 aliphatic carbocycles. The summed E-state index contributed by atoms with van der Waals surface area (Å²) in [6, 6.07) is 11.6. The Morgan fingerprint density at radius 1 is 1.17 bits per heavy atom. The smallest absolute Gasteiger partial charge is 0.251 e. The minimum atomic E-state index is -0.191. The van der Waals surface area contributed by atoms with Gasteiger partial charge in [0.1, 0.15) is 0 Å². The van der Waals surface area contributed by atoms with E-state index in [9.17, 15) is 4.79 Å². The predicted octanol–water partition coefficient (Wildman–Crippen LogP) is 4.66. The molecule has 2 aromatic carbocycles. The third kappa shape index (κ3) is 5.64. The summed E-state index contributed by atoms with van der Waals surface area (Å²) in [7, 11) is 1.54. The molecule has 0 unspecified atom stereocenters. The van der Waals surface area contributed by atoms with E-state index in [2.05, 4.69) is 28.4 Å². The van der Waals surface area contributed by atoms with Crippen LogP contribution in [0.4, 0.5) is 0 Å². The largest absolute Gasteiger partial charge is 0.493 e. The van der Waals surface area contributed by atoms with Crippen molar-refractivity contribution in [3.63, 3.8) is 0 Å². The van der Waals surface area contributed by atoms with E-state index in [1.807, 2.05) is 13.0 Å². The molecule has 0 saturated carbocycles. The molecule has 0 radical (unpaired) electrons. The van der Waals surface area contributed by atoms with Crippen molar-refractivity contribution in [3.05, 3.63) is 58.1 Å². The first kappa shape index (κ1) is 21.5. The van der Waals surface area contributed by atoms with Gasteiger partial charge in [0, 0.05) is 18.7 Å². The topological polar surface area (TPSA) is 50.8 Å². The monoisotopic (exact) mass is 416 g/mol. The second kappa shape index (κ2) is 10.5. The highest BCUT2D eigenvalue weighted by Crippen LogP contribution is 2.36. The molecule has 1 aliphatic heterocycles. The van der Waals surface area contributed by atoms with Crippen LogP contribution < -0.4 is 14.8 Å². The van der Waals surface area contributed by atoms with E-state index in [-0.39, 0.29) is 5.91 Å². The zero-order chi connectivity index (χ0) is 20.6. The van der Waals surface area contributed by atoms with Crippen LogP contribution in [0.25, 0.3) is 0 Å². The Labute approximate surface area is 177 Å². The van der Waals surface area contributed by atoms with E-state index >= 15 is 0 Å². The molecule has 1 heterocycles. The molecular formula is C23H29ClN2O3. The van der Waals surface area contributed by atoms with Gasteiger partial charge < -0.3 is 14.8 Å². The highest BCUT2D eigenvalue weighted by molar-refractivity contribution is 6.32. The van der Waals surface area contributed by atoms with Crippen LogP contribution in [0, 0.1) is 0 Å². The van der Waals surface area contributed by atoms with Gasteiger partial charge in [0.05, 0.1) is 18.7 Å². The second-order valence-electron chi connectivity index (χ2n) is 7.27. The number of hydrogen-bond donors (Lipinski definition) is 1. The predicted molar refractivity (Wildman–Crippen MR) is 116 cm³/mol. The Hall–Kier alpha value is -2.24. The Balaban J connectivity index is 1.69. The third-order valence-corrected chi connectivity index (χ3v) is 5.37. The lowest BCUT2D eigenvalue weighted by atomic mass is 10.1. The highest BCUT2D eigenvalue weighted by atomic mass is 35.5. The highest BCUT2D eigenvalue weighted by Gasteiger charge is 2.17. The van der Waals surface area contributed by atoms with Gasteiger partial charge in [0.15, 0.2) is 11.5 Å². The van der Waals surface area contributed by atoms with Crippen LogP contribution in [0.5, 0.6) is 11.5 Å². The lowest BCUT2D eigenvalue weighted by Crippen LogP contribution is -2.25. The molecule has 1 aliphatic rings. The summed E-state index contributed by atoms with van der Waals surface area (Å²) in [5.41, 5.74) is 2.84. The van der Waals surface area contributed by atoms with E-state index in [1.54, 1.807) is 19.2 Å². The molecule has 6 heteroatoms. The number of hydrogen-bond acceptors (Lipinski definition) is 4. The summed E-state index contributed by atoms with van der Waals surface area (Å²) < 4.78 is 11.0. The molecule has 156 valence electrons. The zero-order valence-electron chi connectivity index (χ0n) is 17.2. The van der Waals surface area contributed by atoms with Crippen LogP contribution in [0.15, 0.2) is 36.4 Å². The number of amides is 1. The van der Waals surface area contributed by atoms with Crippen molar-refractivity contribution >= 4 is 17.5 Å². The van der Waals surface area contributed by atoms with Crippen molar-refractivity contribution in [2.24, 2.45) is 0 Å². The quantitative estimate of drug-likeness (QED) is 0.645. The number of carbonyl (C=O) groups is 1. The number of rotatable bonds is 9. The normalized spacial score (nSPS) is 14.0. The molecule has 0 bridgehead atoms. The molecule has 1 fully saturated rings. The number of carbonyl (C=O) groups excluding carboxylic acids is 1. The molecule has 0 aromatic heterocycles. The summed E-state index contributed by atoms with van der Waals surface area (Å²) in [5.74, 6) is 0.747. The van der Waals surface area contributed by atoms with Gasteiger partial charge in [-0.1, -0.05) is 42.8 Å². The Morgan fingerprint density at radius 3 is 2.59 bits per heavy atom. The maximum atomic E-state index is 12.7. The summed E-state index contributed by atoms with van der Waals surface area (Å²) in [6.07, 6.45) is 3.39. The third-order valence-electron chi connectivity index (χ3n) is 5.09. The van der Waals surface area contributed by atoms with Crippen LogP contribution >= 0.6 is 11.6 Å². The van der Waals surface area contributed by atoms with Crippen molar-refractivity contribution in [2.75, 3.05) is 26.8 Å². The SMILES string of the molecule is CCCOc1c(Cl)cc(C(=O)NCc2ccccc2CN2CCCC2)cc1OC. The molecule has 1 saturated heterocycles. The first-order valence-electron chi connectivity index (χ1n) is 10.2. The summed E-state index contributed by atoms with van der Waals surface area (Å²) >= 11 is 6.34. The van der Waals surface area contributed by atoms with E-state index in [0.717, 1.165) is 31.6 Å². The van der Waals surface area contributed by atoms with Crippen LogP contribution in [-0.4, -0.2) is 37.6 Å². The van der Waals surface area contributed by atoms with Crippen molar-refractivity contribution in [2.45, 2.75) is 39.3 Å². The summed E-state index contributed by atoms with van der Waals surface area (Å²) in [6.45, 7) is 6.24. The number of nitrogens with zero attached hydrogens (tertiary/aromatic N) is 1. The number of likely N-dealkylation sites (tertiary alicyclic amines) is 1. The van der Waals surface area contributed by atoms with Gasteiger partial charge >= 0.3 is 0 Å². The maximum absolute atomic E-state index is 12.7. The number of nitrogens with one attached hydrogen (secondary N) is 1. The lowest BCUT2D eigenvalue weighted by molar-refractivity contribution is 0.0950. The van der Waals surface area contributed by atoms with Crippen LogP contribution in [0.3, 0.4) is 0 Å². The molecule has 29 heavy (non-hydrogen) atoms. The fourth-order valence-electron chi connectivity index (χ4n) is 3.54. The molecule has 2 aromatic rings. The molecular weight excluding hydrogens is 388 g/mol. The van der Waals surface area contributed by atoms with Gasteiger partial charge in [-0.3, -0.25) is 9.69 Å². The maximum Gasteiger partial charge on any atom is 0.251 e. The first-order valence-corrected chi connectivity index (χ1v) is 10.6. The molecule has 1 amide bonds. The van der Waals surface area contributed by atoms with Crippen molar-refractivity contribution in [1.82, 2.24) is 10.2 Å². The van der Waals surface area contributed by atoms with Crippen molar-refractivity contribution in [1.29, 1.82) is 0 Å². The van der Waals surface area contributed by atoms with Gasteiger partial charge in [-0.25, -0.2) is 0 Å². The van der Waals surface area contributed by atoms with Crippen molar-refractivity contribution in [3.8, 4) is 11.5 Å². The fourth-order valence-corrected chi connectivity index (χ4v) is 3.80. The zero-order valence-corrected chi connectivity index (χ0v) is 17.9. The van der Waals surface area contributed by atoms with Gasteiger partial charge in [-0.05, 0) is 55.6 Å². The number of ether oxygens (including phenoxy) is 2. The van der Waals surface area contributed by atoms with Crippen LogP contribution in [-0.2, 0) is 13.1 Å². The van der Waals surface area contributed by atoms with Gasteiger partial charge in [-0.2, -0.15) is 0 Å². The van der Waals surface area contributed by atoms with Crippen LogP contribution in [0.2, 0.25) is 5.02 Å². The van der Waals surface area contributed by atoms with E-state index < -0.39 is 0 Å². The molecule has 0 spiro atoms. The van der Waals surface area contributed by atoms with Crippen LogP contribution in [0.1, 0.15) is 47.7 Å². The molecule has 5 nitrogen and oxygen atoms in total. The summed E-state index contributed by atoms with van der Waals surface area (Å²) in [4.78, 5) is 15.2. The number of halogens is 1. The minimum absolute atomic E-state index is 0.191. The first-order chi connectivity index (χ1) is 14.1. The van der Waals surface area contributed by atoms with Gasteiger partial charge in [0.25, 0.3) is 5.91 Å². The number of methoxy groups -OCH3 is 1. The Morgan fingerprint density at radius 2 is 1.90 bits per heavy atom.